The molecule has 0 spiro atoms. The van der Waals surface area contributed by atoms with E-state index in [1.54, 1.807) is 0 Å². The third-order valence-corrected chi connectivity index (χ3v) is 2.65. The summed E-state index contributed by atoms with van der Waals surface area (Å²) in [6.07, 6.45) is -2.10. The third-order valence-electron chi connectivity index (χ3n) is 2.65. The van der Waals surface area contributed by atoms with Crippen LogP contribution in [0, 0.1) is 11.7 Å². The zero-order chi connectivity index (χ0) is 13.1. The van der Waals surface area contributed by atoms with Gasteiger partial charge in [0.1, 0.15) is 5.82 Å². The summed E-state index contributed by atoms with van der Waals surface area (Å²) in [4.78, 5) is 0. The molecule has 0 aliphatic carbocycles. The summed E-state index contributed by atoms with van der Waals surface area (Å²) in [5, 5.41) is 0. The molecule has 4 heteroatoms. The van der Waals surface area contributed by atoms with Crippen LogP contribution in [0.1, 0.15) is 37.8 Å². The van der Waals surface area contributed by atoms with Crippen molar-refractivity contribution in [2.24, 2.45) is 5.92 Å². The van der Waals surface area contributed by atoms with E-state index in [4.69, 9.17) is 0 Å². The summed E-state index contributed by atoms with van der Waals surface area (Å²) in [5.41, 5.74) is -0.491. The molecule has 0 radical (unpaired) electrons. The minimum Gasteiger partial charge on any atom is -0.207 e. The predicted octanol–water partition coefficient (Wildman–Crippen LogP) is 4.82. The van der Waals surface area contributed by atoms with Gasteiger partial charge in [0.25, 0.3) is 0 Å². The maximum atomic E-state index is 13.1. The van der Waals surface area contributed by atoms with E-state index in [0.29, 0.717) is 18.1 Å². The van der Waals surface area contributed by atoms with Crippen LogP contribution in [0.4, 0.5) is 17.6 Å². The van der Waals surface area contributed by atoms with Gasteiger partial charge in [-0.2, -0.15) is 13.2 Å². The summed E-state index contributed by atoms with van der Waals surface area (Å²) in [5.74, 6) is -0.554. The predicted molar refractivity (Wildman–Crippen MR) is 59.2 cm³/mol. The highest BCUT2D eigenvalue weighted by molar-refractivity contribution is 5.27. The van der Waals surface area contributed by atoms with Gasteiger partial charge in [-0.05, 0) is 36.1 Å². The minimum absolute atomic E-state index is 0.267. The van der Waals surface area contributed by atoms with E-state index in [9.17, 15) is 17.6 Å². The Kier molecular flexibility index (Phi) is 4.54. The molecular weight excluding hydrogens is 232 g/mol. The molecule has 0 nitrogen and oxygen atoms in total. The van der Waals surface area contributed by atoms with Crippen LogP contribution < -0.4 is 0 Å². The van der Waals surface area contributed by atoms with Gasteiger partial charge in [0.2, 0.25) is 0 Å². The van der Waals surface area contributed by atoms with Crippen LogP contribution >= 0.6 is 0 Å². The second-order valence-electron chi connectivity index (χ2n) is 4.44. The summed E-state index contributed by atoms with van der Waals surface area (Å²) >= 11 is 0. The van der Waals surface area contributed by atoms with Crippen molar-refractivity contribution in [1.82, 2.24) is 0 Å². The molecule has 0 N–H and O–H groups in total. The van der Waals surface area contributed by atoms with Crippen molar-refractivity contribution in [2.75, 3.05) is 0 Å². The molecule has 96 valence electrons. The highest BCUT2D eigenvalue weighted by atomic mass is 19.4. The van der Waals surface area contributed by atoms with Crippen molar-refractivity contribution in [1.29, 1.82) is 0 Å². The summed E-state index contributed by atoms with van der Waals surface area (Å²) < 4.78 is 50.5. The van der Waals surface area contributed by atoms with Gasteiger partial charge in [-0.25, -0.2) is 4.39 Å². The van der Waals surface area contributed by atoms with E-state index in [2.05, 4.69) is 0 Å². The molecule has 1 rings (SSSR count). The van der Waals surface area contributed by atoms with Gasteiger partial charge in [-0.1, -0.05) is 26.7 Å². The molecule has 1 atom stereocenters. The van der Waals surface area contributed by atoms with Gasteiger partial charge in [0, 0.05) is 0 Å². The molecule has 0 fully saturated rings. The molecule has 1 aromatic carbocycles. The number of alkyl halides is 3. The van der Waals surface area contributed by atoms with Gasteiger partial charge in [-0.15, -0.1) is 0 Å². The van der Waals surface area contributed by atoms with Crippen molar-refractivity contribution in [3.63, 3.8) is 0 Å². The Bertz CT molecular complexity index is 368. The molecule has 0 bridgehead atoms. The largest absolute Gasteiger partial charge is 0.416 e. The molecule has 0 aromatic heterocycles. The molecule has 0 aliphatic rings. The fraction of sp³-hybridized carbons (Fsp3) is 0.538. The van der Waals surface area contributed by atoms with E-state index >= 15 is 0 Å². The summed E-state index contributed by atoms with van der Waals surface area (Å²) in [7, 11) is 0. The lowest BCUT2D eigenvalue weighted by Crippen LogP contribution is -2.08. The Hall–Kier alpha value is -1.06. The Labute approximate surface area is 98.6 Å². The van der Waals surface area contributed by atoms with Crippen molar-refractivity contribution < 1.29 is 17.6 Å². The fourth-order valence-corrected chi connectivity index (χ4v) is 1.93. The lowest BCUT2D eigenvalue weighted by Gasteiger charge is -2.13. The first-order valence-electron chi connectivity index (χ1n) is 5.69. The second-order valence-corrected chi connectivity index (χ2v) is 4.44. The monoisotopic (exact) mass is 248 g/mol. The maximum absolute atomic E-state index is 13.1. The van der Waals surface area contributed by atoms with Crippen molar-refractivity contribution in [3.05, 3.63) is 35.1 Å². The SMILES string of the molecule is CCCC(C)Cc1cc(F)cc(C(F)(F)F)c1. The van der Waals surface area contributed by atoms with Crippen LogP contribution in [0.3, 0.4) is 0 Å². The van der Waals surface area contributed by atoms with Gasteiger partial charge in [0.15, 0.2) is 0 Å². The lowest BCUT2D eigenvalue weighted by atomic mass is 9.96. The molecule has 0 amide bonds. The van der Waals surface area contributed by atoms with E-state index in [0.717, 1.165) is 18.9 Å². The number of halogens is 4. The summed E-state index contributed by atoms with van der Waals surface area (Å²) in [6, 6.07) is 2.75. The van der Waals surface area contributed by atoms with Crippen molar-refractivity contribution in [2.45, 2.75) is 39.3 Å². The second kappa shape index (κ2) is 5.52. The van der Waals surface area contributed by atoms with E-state index < -0.39 is 17.6 Å². The molecule has 0 saturated carbocycles. The van der Waals surface area contributed by atoms with Crippen LogP contribution in [0.5, 0.6) is 0 Å². The van der Waals surface area contributed by atoms with E-state index in [-0.39, 0.29) is 5.92 Å². The molecule has 0 aliphatic heterocycles. The average Bonchev–Trinajstić information content (AvgIpc) is 2.15. The fourth-order valence-electron chi connectivity index (χ4n) is 1.93. The first-order valence-corrected chi connectivity index (χ1v) is 5.69. The molecule has 0 heterocycles. The Morgan fingerprint density at radius 3 is 2.35 bits per heavy atom. The lowest BCUT2D eigenvalue weighted by molar-refractivity contribution is -0.137. The first kappa shape index (κ1) is 14.0. The highest BCUT2D eigenvalue weighted by Crippen LogP contribution is 2.31. The number of rotatable bonds is 4. The molecule has 0 saturated heterocycles. The van der Waals surface area contributed by atoms with Crippen LogP contribution in [0.15, 0.2) is 18.2 Å². The van der Waals surface area contributed by atoms with Crippen molar-refractivity contribution >= 4 is 0 Å². The van der Waals surface area contributed by atoms with Crippen LogP contribution in [-0.4, -0.2) is 0 Å². The van der Waals surface area contributed by atoms with E-state index in [1.807, 2.05) is 13.8 Å². The third kappa shape index (κ3) is 4.36. The van der Waals surface area contributed by atoms with E-state index in [1.165, 1.54) is 6.07 Å². The van der Waals surface area contributed by atoms with Crippen molar-refractivity contribution in [3.8, 4) is 0 Å². The van der Waals surface area contributed by atoms with Crippen LogP contribution in [0.2, 0.25) is 0 Å². The topological polar surface area (TPSA) is 0 Å². The van der Waals surface area contributed by atoms with Gasteiger partial charge < -0.3 is 0 Å². The molecule has 17 heavy (non-hydrogen) atoms. The highest BCUT2D eigenvalue weighted by Gasteiger charge is 2.31. The number of hydrogen-bond donors (Lipinski definition) is 0. The smallest absolute Gasteiger partial charge is 0.207 e. The summed E-state index contributed by atoms with van der Waals surface area (Å²) in [6.45, 7) is 3.98. The molecule has 1 unspecified atom stereocenters. The Balaban J connectivity index is 2.90. The first-order chi connectivity index (χ1) is 7.82. The quantitative estimate of drug-likeness (QED) is 0.670. The minimum atomic E-state index is -4.48. The number of benzene rings is 1. The van der Waals surface area contributed by atoms with Gasteiger partial charge in [0.05, 0.1) is 5.56 Å². The maximum Gasteiger partial charge on any atom is 0.416 e. The zero-order valence-electron chi connectivity index (χ0n) is 9.94. The van der Waals surface area contributed by atoms with Gasteiger partial charge in [-0.3, -0.25) is 0 Å². The Morgan fingerprint density at radius 1 is 1.18 bits per heavy atom. The zero-order valence-corrected chi connectivity index (χ0v) is 9.94. The van der Waals surface area contributed by atoms with Crippen LogP contribution in [-0.2, 0) is 12.6 Å². The molecule has 1 aromatic rings. The van der Waals surface area contributed by atoms with Crippen LogP contribution in [0.25, 0.3) is 0 Å². The number of hydrogen-bond acceptors (Lipinski definition) is 0. The molecular formula is C13H16F4. The average molecular weight is 248 g/mol. The Morgan fingerprint density at radius 2 is 1.82 bits per heavy atom. The standard InChI is InChI=1S/C13H16F4/c1-3-4-9(2)5-10-6-11(13(15,16)17)8-12(14)7-10/h6-9H,3-5H2,1-2H3. The normalized spacial score (nSPS) is 13.8. The van der Waals surface area contributed by atoms with Gasteiger partial charge >= 0.3 is 6.18 Å².